The van der Waals surface area contributed by atoms with E-state index in [1.165, 1.54) is 0 Å². The van der Waals surface area contributed by atoms with Crippen LogP contribution in [0.2, 0.25) is 0 Å². The second-order valence-corrected chi connectivity index (χ2v) is 7.19. The van der Waals surface area contributed by atoms with Crippen molar-refractivity contribution in [1.82, 2.24) is 15.2 Å². The molecule has 4 rings (SSSR count). The summed E-state index contributed by atoms with van der Waals surface area (Å²) >= 11 is 0. The molecule has 1 aromatic heterocycles. The lowest BCUT2D eigenvalue weighted by atomic mass is 9.82. The minimum atomic E-state index is -0.159. The first kappa shape index (κ1) is 15.6. The molecule has 1 aromatic rings. The van der Waals surface area contributed by atoms with E-state index in [-0.39, 0.29) is 29.2 Å². The van der Waals surface area contributed by atoms with E-state index in [0.29, 0.717) is 13.2 Å². The van der Waals surface area contributed by atoms with Gasteiger partial charge in [-0.05, 0) is 43.4 Å². The second-order valence-electron chi connectivity index (χ2n) is 7.19. The molecule has 128 valence electrons. The van der Waals surface area contributed by atoms with E-state index in [1.54, 1.807) is 12.4 Å². The molecule has 6 nitrogen and oxygen atoms in total. The number of nitrogens with one attached hydrogen (secondary N) is 1. The van der Waals surface area contributed by atoms with E-state index in [4.69, 9.17) is 4.74 Å². The van der Waals surface area contributed by atoms with Gasteiger partial charge in [-0.1, -0.05) is 0 Å². The van der Waals surface area contributed by atoms with E-state index in [9.17, 15) is 9.59 Å². The Hall–Kier alpha value is -1.95. The van der Waals surface area contributed by atoms with Crippen LogP contribution < -0.4 is 5.32 Å². The summed E-state index contributed by atoms with van der Waals surface area (Å²) in [5.74, 6) is 0.253. The molecule has 0 bridgehead atoms. The smallest absolute Gasteiger partial charge is 0.228 e. The summed E-state index contributed by atoms with van der Waals surface area (Å²) in [5, 5.41) is 3.22. The van der Waals surface area contributed by atoms with E-state index in [0.717, 1.165) is 44.3 Å². The molecule has 0 aromatic carbocycles. The number of amides is 2. The van der Waals surface area contributed by atoms with Gasteiger partial charge in [-0.2, -0.15) is 0 Å². The number of rotatable bonds is 2. The van der Waals surface area contributed by atoms with Gasteiger partial charge in [0, 0.05) is 37.6 Å². The number of hydrogen-bond donors (Lipinski definition) is 1. The maximum absolute atomic E-state index is 12.5. The van der Waals surface area contributed by atoms with E-state index < -0.39 is 0 Å². The zero-order valence-corrected chi connectivity index (χ0v) is 13.7. The van der Waals surface area contributed by atoms with Crippen LogP contribution in [0.1, 0.15) is 37.2 Å². The summed E-state index contributed by atoms with van der Waals surface area (Å²) in [6, 6.07) is 3.84. The Morgan fingerprint density at radius 2 is 2.04 bits per heavy atom. The predicted octanol–water partition coefficient (Wildman–Crippen LogP) is 1.08. The SMILES string of the molecule is O=C1NC2(CCN(C(=O)[C@@H]3CCOC3)CC2)C[C@H]1c1ccncc1. The van der Waals surface area contributed by atoms with Crippen LogP contribution in [0.3, 0.4) is 0 Å². The molecule has 3 fully saturated rings. The molecule has 0 unspecified atom stereocenters. The zero-order chi connectivity index (χ0) is 16.6. The summed E-state index contributed by atoms with van der Waals surface area (Å²) < 4.78 is 5.33. The predicted molar refractivity (Wildman–Crippen MR) is 87.2 cm³/mol. The lowest BCUT2D eigenvalue weighted by Gasteiger charge is -2.40. The van der Waals surface area contributed by atoms with Crippen molar-refractivity contribution in [3.05, 3.63) is 30.1 Å². The Labute approximate surface area is 141 Å². The largest absolute Gasteiger partial charge is 0.381 e. The third-order valence-corrected chi connectivity index (χ3v) is 5.72. The van der Waals surface area contributed by atoms with Crippen molar-refractivity contribution in [2.24, 2.45) is 5.92 Å². The quantitative estimate of drug-likeness (QED) is 0.881. The summed E-state index contributed by atoms with van der Waals surface area (Å²) in [6.07, 6.45) is 6.78. The van der Waals surface area contributed by atoms with Crippen molar-refractivity contribution in [2.75, 3.05) is 26.3 Å². The number of carbonyl (C=O) groups excluding carboxylic acids is 2. The first-order chi connectivity index (χ1) is 11.7. The molecule has 0 aliphatic carbocycles. The molecular formula is C18H23N3O3. The number of ether oxygens (including phenoxy) is 1. The fraction of sp³-hybridized carbons (Fsp3) is 0.611. The maximum atomic E-state index is 12.5. The van der Waals surface area contributed by atoms with Crippen molar-refractivity contribution < 1.29 is 14.3 Å². The Balaban J connectivity index is 1.40. The van der Waals surface area contributed by atoms with E-state index in [2.05, 4.69) is 10.3 Å². The highest BCUT2D eigenvalue weighted by Gasteiger charge is 2.47. The van der Waals surface area contributed by atoms with Crippen LogP contribution in [-0.2, 0) is 14.3 Å². The van der Waals surface area contributed by atoms with Gasteiger partial charge < -0.3 is 15.0 Å². The van der Waals surface area contributed by atoms with Gasteiger partial charge in [0.15, 0.2) is 0 Å². The van der Waals surface area contributed by atoms with Crippen LogP contribution in [0.25, 0.3) is 0 Å². The Kier molecular flexibility index (Phi) is 4.00. The van der Waals surface area contributed by atoms with E-state index >= 15 is 0 Å². The second kappa shape index (κ2) is 6.16. The number of carbonyl (C=O) groups is 2. The monoisotopic (exact) mass is 329 g/mol. The molecule has 2 amide bonds. The van der Waals surface area contributed by atoms with Gasteiger partial charge in [0.2, 0.25) is 11.8 Å². The van der Waals surface area contributed by atoms with Gasteiger partial charge >= 0.3 is 0 Å². The van der Waals surface area contributed by atoms with Crippen molar-refractivity contribution in [1.29, 1.82) is 0 Å². The standard InChI is InChI=1S/C18H23N3O3/c22-16-15(13-1-6-19-7-2-13)11-18(20-16)4-8-21(9-5-18)17(23)14-3-10-24-12-14/h1-2,6-7,14-15H,3-5,8-12H2,(H,20,22)/t14-,15+/m1/s1. The highest BCUT2D eigenvalue weighted by Crippen LogP contribution is 2.39. The molecule has 24 heavy (non-hydrogen) atoms. The minimum absolute atomic E-state index is 0.0294. The molecule has 1 N–H and O–H groups in total. The molecule has 6 heteroatoms. The van der Waals surface area contributed by atoms with Gasteiger partial charge in [-0.3, -0.25) is 14.6 Å². The number of pyridine rings is 1. The minimum Gasteiger partial charge on any atom is -0.381 e. The molecular weight excluding hydrogens is 306 g/mol. The fourth-order valence-corrected chi connectivity index (χ4v) is 4.22. The van der Waals surface area contributed by atoms with Gasteiger partial charge in [-0.25, -0.2) is 0 Å². The Morgan fingerprint density at radius 1 is 1.29 bits per heavy atom. The van der Waals surface area contributed by atoms with Crippen LogP contribution in [0, 0.1) is 5.92 Å². The average Bonchev–Trinajstić information content (AvgIpc) is 3.25. The number of hydrogen-bond acceptors (Lipinski definition) is 4. The first-order valence-corrected chi connectivity index (χ1v) is 8.75. The van der Waals surface area contributed by atoms with Crippen molar-refractivity contribution in [3.8, 4) is 0 Å². The van der Waals surface area contributed by atoms with Crippen LogP contribution in [-0.4, -0.2) is 53.5 Å². The third-order valence-electron chi connectivity index (χ3n) is 5.72. The molecule has 0 radical (unpaired) electrons. The number of piperidine rings is 1. The van der Waals surface area contributed by atoms with Crippen LogP contribution in [0.4, 0.5) is 0 Å². The van der Waals surface area contributed by atoms with Crippen LogP contribution in [0.15, 0.2) is 24.5 Å². The van der Waals surface area contributed by atoms with Crippen molar-refractivity contribution in [2.45, 2.75) is 37.1 Å². The molecule has 3 aliphatic rings. The number of aromatic nitrogens is 1. The highest BCUT2D eigenvalue weighted by atomic mass is 16.5. The molecule has 3 aliphatic heterocycles. The normalized spacial score (nSPS) is 29.0. The van der Waals surface area contributed by atoms with Gasteiger partial charge in [-0.15, -0.1) is 0 Å². The lowest BCUT2D eigenvalue weighted by molar-refractivity contribution is -0.137. The lowest BCUT2D eigenvalue weighted by Crippen LogP contribution is -2.53. The summed E-state index contributed by atoms with van der Waals surface area (Å²) in [6.45, 7) is 2.69. The first-order valence-electron chi connectivity index (χ1n) is 8.75. The van der Waals surface area contributed by atoms with E-state index in [1.807, 2.05) is 17.0 Å². The van der Waals surface area contributed by atoms with Crippen molar-refractivity contribution in [3.63, 3.8) is 0 Å². The van der Waals surface area contributed by atoms with Gasteiger partial charge in [0.25, 0.3) is 0 Å². The molecule has 1 spiro atoms. The van der Waals surface area contributed by atoms with Gasteiger partial charge in [0.05, 0.1) is 18.4 Å². The summed E-state index contributed by atoms with van der Waals surface area (Å²) in [7, 11) is 0. The summed E-state index contributed by atoms with van der Waals surface area (Å²) in [4.78, 5) is 30.9. The number of likely N-dealkylation sites (tertiary alicyclic amines) is 1. The number of nitrogens with zero attached hydrogens (tertiary/aromatic N) is 2. The van der Waals surface area contributed by atoms with Gasteiger partial charge in [0.1, 0.15) is 0 Å². The molecule has 2 atom stereocenters. The Morgan fingerprint density at radius 3 is 2.71 bits per heavy atom. The van der Waals surface area contributed by atoms with Crippen LogP contribution in [0.5, 0.6) is 0 Å². The fourth-order valence-electron chi connectivity index (χ4n) is 4.22. The average molecular weight is 329 g/mol. The Bertz CT molecular complexity index is 620. The molecule has 4 heterocycles. The topological polar surface area (TPSA) is 71.5 Å². The van der Waals surface area contributed by atoms with Crippen molar-refractivity contribution >= 4 is 11.8 Å². The zero-order valence-electron chi connectivity index (χ0n) is 13.7. The maximum Gasteiger partial charge on any atom is 0.228 e. The molecule has 3 saturated heterocycles. The summed E-state index contributed by atoms with van der Waals surface area (Å²) in [5.41, 5.74) is 0.870. The molecule has 0 saturated carbocycles. The third kappa shape index (κ3) is 2.79. The highest BCUT2D eigenvalue weighted by molar-refractivity contribution is 5.87. The van der Waals surface area contributed by atoms with Crippen LogP contribution >= 0.6 is 0 Å².